The van der Waals surface area contributed by atoms with Crippen LogP contribution in [0.25, 0.3) is 0 Å². The molecule has 2 unspecified atom stereocenters. The van der Waals surface area contributed by atoms with Gasteiger partial charge in [-0.15, -0.1) is 5.73 Å². The third-order valence-corrected chi connectivity index (χ3v) is 3.11. The maximum atomic E-state index is 13.4. The summed E-state index contributed by atoms with van der Waals surface area (Å²) in [5, 5.41) is 2.64. The molecule has 1 radical (unpaired) electrons. The zero-order valence-corrected chi connectivity index (χ0v) is 9.32. The molecule has 0 aromatic carbocycles. The quantitative estimate of drug-likeness (QED) is 0.565. The van der Waals surface area contributed by atoms with E-state index >= 15 is 0 Å². The number of alkyl halides is 3. The zero-order chi connectivity index (χ0) is 13.3. The lowest BCUT2D eigenvalue weighted by Crippen LogP contribution is -2.45. The smallest absolute Gasteiger partial charge is 0.309 e. The highest BCUT2D eigenvalue weighted by molar-refractivity contribution is 5.39. The molecule has 2 aliphatic rings. The number of allylic oxidation sites excluding steroid dienone is 2. The van der Waals surface area contributed by atoms with Crippen molar-refractivity contribution >= 4 is 0 Å². The standard InChI is InChI=1S/C12H11F5N/c13-8-2-3-9(10(14)5-8)11-4-1-7(6-18-11)12(15,16)17/h2,5,7,11,18H,1,4,6H2. The Balaban J connectivity index is 2.01. The van der Waals surface area contributed by atoms with E-state index in [0.29, 0.717) is 6.08 Å². The molecule has 0 saturated carbocycles. The van der Waals surface area contributed by atoms with Gasteiger partial charge in [0.15, 0.2) is 0 Å². The van der Waals surface area contributed by atoms with Crippen molar-refractivity contribution in [2.24, 2.45) is 5.92 Å². The molecular weight excluding hydrogens is 253 g/mol. The Kier molecular flexibility index (Phi) is 3.59. The van der Waals surface area contributed by atoms with E-state index in [9.17, 15) is 22.0 Å². The van der Waals surface area contributed by atoms with E-state index < -0.39 is 30.1 Å². The maximum Gasteiger partial charge on any atom is 0.393 e. The SMILES string of the molecule is F[C]1C=C(F)C=C=C1C1CCC(C(F)(F)F)CN1. The molecular formula is C12H11F5N. The summed E-state index contributed by atoms with van der Waals surface area (Å²) in [6, 6.07) is -0.538. The molecule has 2 atom stereocenters. The van der Waals surface area contributed by atoms with Crippen LogP contribution < -0.4 is 5.32 Å². The zero-order valence-electron chi connectivity index (χ0n) is 9.32. The highest BCUT2D eigenvalue weighted by Gasteiger charge is 2.42. The minimum absolute atomic E-state index is 0.0637. The normalized spacial score (nSPS) is 30.1. The van der Waals surface area contributed by atoms with E-state index in [1.165, 1.54) is 0 Å². The summed E-state index contributed by atoms with van der Waals surface area (Å²) in [5.41, 5.74) is 2.53. The van der Waals surface area contributed by atoms with Crippen molar-refractivity contribution in [2.75, 3.05) is 6.54 Å². The summed E-state index contributed by atoms with van der Waals surface area (Å²) in [7, 11) is 0. The fraction of sp³-hybridized carbons (Fsp3) is 0.500. The van der Waals surface area contributed by atoms with E-state index in [4.69, 9.17) is 0 Å². The molecule has 1 aliphatic heterocycles. The summed E-state index contributed by atoms with van der Waals surface area (Å²) in [6.07, 6.45) is -3.23. The summed E-state index contributed by atoms with van der Waals surface area (Å²) in [4.78, 5) is 0. The Bertz CT molecular complexity index is 409. The van der Waals surface area contributed by atoms with Gasteiger partial charge in [-0.05, 0) is 18.9 Å². The van der Waals surface area contributed by atoms with Gasteiger partial charge >= 0.3 is 6.18 Å². The summed E-state index contributed by atoms with van der Waals surface area (Å²) in [6.45, 7) is -0.251. The van der Waals surface area contributed by atoms with E-state index in [1.807, 2.05) is 0 Å². The predicted octanol–water partition coefficient (Wildman–Crippen LogP) is 3.37. The number of nitrogens with one attached hydrogen (secondary N) is 1. The number of piperidine rings is 1. The molecule has 1 fully saturated rings. The molecule has 99 valence electrons. The largest absolute Gasteiger partial charge is 0.393 e. The fourth-order valence-electron chi connectivity index (χ4n) is 2.11. The summed E-state index contributed by atoms with van der Waals surface area (Å²) >= 11 is 0. The van der Waals surface area contributed by atoms with Crippen LogP contribution in [0.4, 0.5) is 22.0 Å². The van der Waals surface area contributed by atoms with Crippen LogP contribution in [0.15, 0.2) is 29.3 Å². The molecule has 1 N–H and O–H groups in total. The molecule has 0 aromatic rings. The van der Waals surface area contributed by atoms with E-state index in [-0.39, 0.29) is 25.0 Å². The number of hydrogen-bond acceptors (Lipinski definition) is 1. The fourth-order valence-corrected chi connectivity index (χ4v) is 2.11. The first kappa shape index (κ1) is 13.3. The third-order valence-electron chi connectivity index (χ3n) is 3.11. The lowest BCUT2D eigenvalue weighted by Gasteiger charge is -2.32. The van der Waals surface area contributed by atoms with Gasteiger partial charge in [0.05, 0.1) is 5.92 Å². The van der Waals surface area contributed by atoms with Gasteiger partial charge in [-0.3, -0.25) is 0 Å². The Labute approximate surface area is 101 Å². The predicted molar refractivity (Wildman–Crippen MR) is 55.7 cm³/mol. The second kappa shape index (κ2) is 4.86. The van der Waals surface area contributed by atoms with Gasteiger partial charge in [0.2, 0.25) is 6.17 Å². The van der Waals surface area contributed by atoms with Crippen molar-refractivity contribution in [3.8, 4) is 0 Å². The Morgan fingerprint density at radius 2 is 1.94 bits per heavy atom. The van der Waals surface area contributed by atoms with Gasteiger partial charge in [-0.1, -0.05) is 0 Å². The van der Waals surface area contributed by atoms with Crippen molar-refractivity contribution in [2.45, 2.75) is 25.1 Å². The molecule has 1 saturated heterocycles. The minimum Gasteiger partial charge on any atom is -0.309 e. The second-order valence-electron chi connectivity index (χ2n) is 4.36. The van der Waals surface area contributed by atoms with Gasteiger partial charge in [-0.2, -0.15) is 13.2 Å². The highest BCUT2D eigenvalue weighted by Crippen LogP contribution is 2.35. The van der Waals surface area contributed by atoms with Crippen molar-refractivity contribution in [1.82, 2.24) is 5.32 Å². The van der Waals surface area contributed by atoms with E-state index in [2.05, 4.69) is 11.0 Å². The lowest BCUT2D eigenvalue weighted by atomic mass is 9.88. The van der Waals surface area contributed by atoms with Crippen molar-refractivity contribution in [3.05, 3.63) is 35.5 Å². The van der Waals surface area contributed by atoms with Crippen molar-refractivity contribution in [3.63, 3.8) is 0 Å². The van der Waals surface area contributed by atoms with Gasteiger partial charge in [0.1, 0.15) is 5.83 Å². The molecule has 1 aliphatic carbocycles. The Morgan fingerprint density at radius 3 is 2.44 bits per heavy atom. The molecule has 0 bridgehead atoms. The first-order valence-corrected chi connectivity index (χ1v) is 5.54. The molecule has 0 spiro atoms. The topological polar surface area (TPSA) is 12.0 Å². The van der Waals surface area contributed by atoms with Crippen LogP contribution in [0.1, 0.15) is 12.8 Å². The molecule has 0 amide bonds. The van der Waals surface area contributed by atoms with Gasteiger partial charge in [0, 0.05) is 24.2 Å². The van der Waals surface area contributed by atoms with Crippen LogP contribution in [-0.4, -0.2) is 18.8 Å². The van der Waals surface area contributed by atoms with Crippen LogP contribution in [0.3, 0.4) is 0 Å². The molecule has 18 heavy (non-hydrogen) atoms. The molecule has 0 aromatic heterocycles. The Hall–Kier alpha value is -1.13. The van der Waals surface area contributed by atoms with Gasteiger partial charge in [-0.25, -0.2) is 8.78 Å². The third kappa shape index (κ3) is 2.82. The summed E-state index contributed by atoms with van der Waals surface area (Å²) in [5.74, 6) is -2.16. The first-order valence-electron chi connectivity index (χ1n) is 5.54. The van der Waals surface area contributed by atoms with Gasteiger partial charge in [0.25, 0.3) is 0 Å². The van der Waals surface area contributed by atoms with Crippen LogP contribution in [0.2, 0.25) is 0 Å². The van der Waals surface area contributed by atoms with Crippen LogP contribution in [0, 0.1) is 12.1 Å². The van der Waals surface area contributed by atoms with Crippen molar-refractivity contribution in [1.29, 1.82) is 0 Å². The van der Waals surface area contributed by atoms with Crippen molar-refractivity contribution < 1.29 is 22.0 Å². The monoisotopic (exact) mass is 264 g/mol. The molecule has 1 nitrogen and oxygen atoms in total. The minimum atomic E-state index is -4.23. The lowest BCUT2D eigenvalue weighted by molar-refractivity contribution is -0.179. The number of hydrogen-bond donors (Lipinski definition) is 1. The molecule has 6 heteroatoms. The molecule has 1 heterocycles. The average Bonchev–Trinajstić information content (AvgIpc) is 2.28. The van der Waals surface area contributed by atoms with Crippen LogP contribution in [-0.2, 0) is 0 Å². The number of rotatable bonds is 1. The first-order chi connectivity index (χ1) is 8.38. The van der Waals surface area contributed by atoms with E-state index in [0.717, 1.165) is 6.08 Å². The second-order valence-corrected chi connectivity index (χ2v) is 4.36. The van der Waals surface area contributed by atoms with Crippen LogP contribution >= 0.6 is 0 Å². The molecule has 2 rings (SSSR count). The van der Waals surface area contributed by atoms with Crippen LogP contribution in [0.5, 0.6) is 0 Å². The summed E-state index contributed by atoms with van der Waals surface area (Å²) < 4.78 is 63.4. The number of halogens is 5. The Morgan fingerprint density at radius 1 is 1.22 bits per heavy atom. The average molecular weight is 264 g/mol. The maximum absolute atomic E-state index is 13.4. The highest BCUT2D eigenvalue weighted by atomic mass is 19.4. The van der Waals surface area contributed by atoms with Gasteiger partial charge < -0.3 is 5.32 Å². The van der Waals surface area contributed by atoms with E-state index in [1.54, 1.807) is 0 Å².